The molecule has 1 N–H and O–H groups in total. The fraction of sp³-hybridized carbons (Fsp3) is 0.385. The van der Waals surface area contributed by atoms with Gasteiger partial charge >= 0.3 is 6.18 Å². The van der Waals surface area contributed by atoms with Gasteiger partial charge in [-0.2, -0.15) is 13.2 Å². The van der Waals surface area contributed by atoms with E-state index in [4.69, 9.17) is 0 Å². The van der Waals surface area contributed by atoms with Gasteiger partial charge in [0, 0.05) is 21.2 Å². The van der Waals surface area contributed by atoms with Crippen LogP contribution in [0.3, 0.4) is 0 Å². The predicted octanol–water partition coefficient (Wildman–Crippen LogP) is 3.89. The molecule has 0 bridgehead atoms. The molecule has 0 aromatic carbocycles. The van der Waals surface area contributed by atoms with Crippen molar-refractivity contribution < 1.29 is 21.6 Å². The highest BCUT2D eigenvalue weighted by molar-refractivity contribution is 7.89. The fourth-order valence-electron chi connectivity index (χ4n) is 1.72. The Morgan fingerprint density at radius 3 is 2.55 bits per heavy atom. The SMILES string of the molecule is O=S(=O)(CCC(F)(F)F)NCCc1ccc(-c2cccs2)s1. The van der Waals surface area contributed by atoms with Crippen LogP contribution < -0.4 is 4.72 Å². The quantitative estimate of drug-likeness (QED) is 0.805. The number of rotatable bonds is 7. The summed E-state index contributed by atoms with van der Waals surface area (Å²) >= 11 is 3.17. The summed E-state index contributed by atoms with van der Waals surface area (Å²) in [6.07, 6.45) is -5.33. The maximum atomic E-state index is 12.0. The molecule has 0 unspecified atom stereocenters. The van der Waals surface area contributed by atoms with E-state index < -0.39 is 28.4 Å². The van der Waals surface area contributed by atoms with E-state index >= 15 is 0 Å². The van der Waals surface area contributed by atoms with E-state index in [1.807, 2.05) is 29.6 Å². The topological polar surface area (TPSA) is 46.2 Å². The van der Waals surface area contributed by atoms with Gasteiger partial charge in [0.1, 0.15) is 0 Å². The van der Waals surface area contributed by atoms with E-state index in [1.165, 1.54) is 0 Å². The maximum absolute atomic E-state index is 12.0. The van der Waals surface area contributed by atoms with Crippen LogP contribution in [0, 0.1) is 0 Å². The Balaban J connectivity index is 1.81. The summed E-state index contributed by atoms with van der Waals surface area (Å²) < 4.78 is 61.2. The first-order valence-electron chi connectivity index (χ1n) is 6.42. The predicted molar refractivity (Wildman–Crippen MR) is 83.8 cm³/mol. The van der Waals surface area contributed by atoms with Gasteiger partial charge in [-0.3, -0.25) is 0 Å². The second-order valence-electron chi connectivity index (χ2n) is 4.57. The number of thiophene rings is 2. The van der Waals surface area contributed by atoms with Crippen molar-refractivity contribution >= 4 is 32.7 Å². The van der Waals surface area contributed by atoms with Gasteiger partial charge in [-0.05, 0) is 30.0 Å². The van der Waals surface area contributed by atoms with Crippen LogP contribution in [0.5, 0.6) is 0 Å². The molecule has 0 saturated carbocycles. The number of halogens is 3. The number of nitrogens with one attached hydrogen (secondary N) is 1. The summed E-state index contributed by atoms with van der Waals surface area (Å²) in [5.74, 6) is -0.929. The van der Waals surface area contributed by atoms with Crippen LogP contribution in [-0.4, -0.2) is 26.9 Å². The van der Waals surface area contributed by atoms with Gasteiger partial charge in [0.25, 0.3) is 0 Å². The molecular weight excluding hydrogens is 355 g/mol. The Morgan fingerprint density at radius 2 is 1.91 bits per heavy atom. The van der Waals surface area contributed by atoms with Crippen LogP contribution >= 0.6 is 22.7 Å². The average Bonchev–Trinajstić information content (AvgIpc) is 3.06. The molecule has 0 amide bonds. The van der Waals surface area contributed by atoms with Gasteiger partial charge in [-0.25, -0.2) is 13.1 Å². The lowest BCUT2D eigenvalue weighted by atomic mass is 10.3. The summed E-state index contributed by atoms with van der Waals surface area (Å²) in [5, 5.41) is 1.98. The van der Waals surface area contributed by atoms with Crippen molar-refractivity contribution in [2.75, 3.05) is 12.3 Å². The molecule has 9 heteroatoms. The van der Waals surface area contributed by atoms with Crippen molar-refractivity contribution in [1.29, 1.82) is 0 Å². The summed E-state index contributed by atoms with van der Waals surface area (Å²) in [6, 6.07) is 7.82. The minimum absolute atomic E-state index is 0.102. The van der Waals surface area contributed by atoms with Crippen LogP contribution in [0.1, 0.15) is 11.3 Å². The lowest BCUT2D eigenvalue weighted by molar-refractivity contribution is -0.129. The maximum Gasteiger partial charge on any atom is 0.390 e. The highest BCUT2D eigenvalue weighted by atomic mass is 32.2. The molecule has 2 rings (SSSR count). The van der Waals surface area contributed by atoms with Crippen molar-refractivity contribution in [3.63, 3.8) is 0 Å². The smallest absolute Gasteiger partial charge is 0.215 e. The fourth-order valence-corrected chi connectivity index (χ4v) is 4.61. The highest BCUT2D eigenvalue weighted by Crippen LogP contribution is 2.31. The van der Waals surface area contributed by atoms with Crippen LogP contribution in [0.15, 0.2) is 29.6 Å². The third-order valence-corrected chi connectivity index (χ3v) is 6.37. The molecule has 0 aliphatic heterocycles. The molecular formula is C13H14F3NO2S3. The van der Waals surface area contributed by atoms with Gasteiger partial charge < -0.3 is 0 Å². The second kappa shape index (κ2) is 7.12. The normalized spacial score (nSPS) is 12.7. The van der Waals surface area contributed by atoms with E-state index in [1.54, 1.807) is 22.7 Å². The van der Waals surface area contributed by atoms with Gasteiger partial charge in [0.15, 0.2) is 0 Å². The molecule has 0 saturated heterocycles. The monoisotopic (exact) mass is 369 g/mol. The van der Waals surface area contributed by atoms with Crippen LogP contribution in [0.25, 0.3) is 9.75 Å². The molecule has 2 aromatic rings. The first-order chi connectivity index (χ1) is 10.3. The molecule has 0 spiro atoms. The minimum Gasteiger partial charge on any atom is -0.215 e. The van der Waals surface area contributed by atoms with Gasteiger partial charge in [0.05, 0.1) is 12.2 Å². The van der Waals surface area contributed by atoms with Crippen molar-refractivity contribution in [2.24, 2.45) is 0 Å². The number of hydrogen-bond acceptors (Lipinski definition) is 4. The van der Waals surface area contributed by atoms with E-state index in [9.17, 15) is 21.6 Å². The van der Waals surface area contributed by atoms with Crippen LogP contribution in [-0.2, 0) is 16.4 Å². The Bertz CT molecular complexity index is 690. The minimum atomic E-state index is -4.46. The Morgan fingerprint density at radius 1 is 1.14 bits per heavy atom. The molecule has 0 radical (unpaired) electrons. The van der Waals surface area contributed by atoms with Crippen molar-refractivity contribution in [1.82, 2.24) is 4.72 Å². The number of hydrogen-bond donors (Lipinski definition) is 1. The lowest BCUT2D eigenvalue weighted by Crippen LogP contribution is -2.30. The molecule has 22 heavy (non-hydrogen) atoms. The summed E-state index contributed by atoms with van der Waals surface area (Å²) in [4.78, 5) is 3.23. The van der Waals surface area contributed by atoms with Gasteiger partial charge in [-0.15, -0.1) is 22.7 Å². The third kappa shape index (κ3) is 5.71. The van der Waals surface area contributed by atoms with E-state index in [0.29, 0.717) is 6.42 Å². The average molecular weight is 369 g/mol. The molecule has 122 valence electrons. The largest absolute Gasteiger partial charge is 0.390 e. The molecule has 0 atom stereocenters. The zero-order valence-electron chi connectivity index (χ0n) is 11.4. The molecule has 0 aliphatic carbocycles. The van der Waals surface area contributed by atoms with E-state index in [2.05, 4.69) is 4.72 Å². The van der Waals surface area contributed by atoms with Crippen LogP contribution in [0.4, 0.5) is 13.2 Å². The first-order valence-corrected chi connectivity index (χ1v) is 9.77. The zero-order chi connectivity index (χ0) is 16.2. The first kappa shape index (κ1) is 17.5. The van der Waals surface area contributed by atoms with E-state index in [0.717, 1.165) is 14.6 Å². The molecule has 0 aliphatic rings. The van der Waals surface area contributed by atoms with Crippen LogP contribution in [0.2, 0.25) is 0 Å². The third-order valence-electron chi connectivity index (χ3n) is 2.77. The molecule has 3 nitrogen and oxygen atoms in total. The number of sulfonamides is 1. The summed E-state index contributed by atoms with van der Waals surface area (Å²) in [6.45, 7) is 0.102. The molecule has 2 aromatic heterocycles. The zero-order valence-corrected chi connectivity index (χ0v) is 13.8. The van der Waals surface area contributed by atoms with Crippen molar-refractivity contribution in [3.05, 3.63) is 34.5 Å². The van der Waals surface area contributed by atoms with E-state index in [-0.39, 0.29) is 6.54 Å². The van der Waals surface area contributed by atoms with Crippen molar-refractivity contribution in [2.45, 2.75) is 19.0 Å². The molecule has 2 heterocycles. The summed E-state index contributed by atoms with van der Waals surface area (Å²) in [7, 11) is -3.88. The van der Waals surface area contributed by atoms with Gasteiger partial charge in [-0.1, -0.05) is 6.07 Å². The summed E-state index contributed by atoms with van der Waals surface area (Å²) in [5.41, 5.74) is 0. The molecule has 0 fully saturated rings. The standard InChI is InChI=1S/C13H14F3NO2S3/c14-13(15,16)6-9-22(18,19)17-7-5-10-3-4-12(21-10)11-2-1-8-20-11/h1-4,8,17H,5-7,9H2. The Hall–Kier alpha value is -0.900. The Labute approximate surface area is 134 Å². The Kier molecular flexibility index (Phi) is 5.65. The lowest BCUT2D eigenvalue weighted by Gasteiger charge is -2.08. The number of alkyl halides is 3. The second-order valence-corrected chi connectivity index (χ2v) is 8.61. The van der Waals surface area contributed by atoms with Crippen molar-refractivity contribution in [3.8, 4) is 9.75 Å². The highest BCUT2D eigenvalue weighted by Gasteiger charge is 2.29. The van der Waals surface area contributed by atoms with Gasteiger partial charge in [0.2, 0.25) is 10.0 Å².